The van der Waals surface area contributed by atoms with Crippen LogP contribution in [0.3, 0.4) is 0 Å². The van der Waals surface area contributed by atoms with Gasteiger partial charge in [0.1, 0.15) is 5.15 Å². The lowest BCUT2D eigenvalue weighted by molar-refractivity contribution is 0.753. The minimum Gasteiger partial charge on any atom is -0.257 e. The topological polar surface area (TPSA) is 17.8 Å². The molecule has 19 heavy (non-hydrogen) atoms. The summed E-state index contributed by atoms with van der Waals surface area (Å²) < 4.78 is 1.71. The van der Waals surface area contributed by atoms with Gasteiger partial charge in [-0.3, -0.25) is 4.68 Å². The predicted octanol–water partition coefficient (Wildman–Crippen LogP) is 4.26. The van der Waals surface area contributed by atoms with Gasteiger partial charge in [-0.15, -0.1) is 11.6 Å². The van der Waals surface area contributed by atoms with Crippen LogP contribution in [-0.2, 0) is 13.5 Å². The molecule has 0 saturated carbocycles. The smallest absolute Gasteiger partial charge is 0.130 e. The van der Waals surface area contributed by atoms with Crippen molar-refractivity contribution in [3.8, 4) is 0 Å². The molecule has 0 radical (unpaired) electrons. The van der Waals surface area contributed by atoms with E-state index < -0.39 is 0 Å². The molecule has 4 heteroatoms. The first kappa shape index (κ1) is 14.4. The minimum atomic E-state index is 0.266. The first-order chi connectivity index (χ1) is 9.02. The van der Waals surface area contributed by atoms with E-state index in [0.717, 1.165) is 17.7 Å². The molecule has 0 N–H and O–H groups in total. The summed E-state index contributed by atoms with van der Waals surface area (Å²) in [6.07, 6.45) is 0.824. The van der Waals surface area contributed by atoms with Gasteiger partial charge >= 0.3 is 0 Å². The minimum absolute atomic E-state index is 0.266. The number of rotatable bonds is 4. The quantitative estimate of drug-likeness (QED) is 0.771. The summed E-state index contributed by atoms with van der Waals surface area (Å²) in [5.41, 5.74) is 4.58. The molecule has 0 aliphatic rings. The average Bonchev–Trinajstić information content (AvgIpc) is 2.63. The van der Waals surface area contributed by atoms with Crippen molar-refractivity contribution in [3.05, 3.63) is 51.8 Å². The van der Waals surface area contributed by atoms with Crippen molar-refractivity contribution in [1.82, 2.24) is 9.78 Å². The standard InChI is InChI=1S/C15H18Cl2N2/c1-10-4-6-12(7-5-10)13(9-16)8-14-11(2)18-19(3)15(14)17/h4-7,13H,8-9H2,1-3H3. The monoisotopic (exact) mass is 296 g/mol. The number of benzene rings is 1. The zero-order chi connectivity index (χ0) is 14.0. The van der Waals surface area contributed by atoms with Crippen molar-refractivity contribution in [2.45, 2.75) is 26.2 Å². The molecule has 1 heterocycles. The summed E-state index contributed by atoms with van der Waals surface area (Å²) in [4.78, 5) is 0. The number of aryl methyl sites for hydroxylation is 3. The van der Waals surface area contributed by atoms with Crippen LogP contribution in [0.4, 0.5) is 0 Å². The van der Waals surface area contributed by atoms with E-state index in [2.05, 4.69) is 36.3 Å². The molecule has 0 spiro atoms. The van der Waals surface area contributed by atoms with Crippen LogP contribution in [0.25, 0.3) is 0 Å². The molecule has 0 saturated heterocycles. The zero-order valence-corrected chi connectivity index (χ0v) is 13.0. The van der Waals surface area contributed by atoms with Crippen molar-refractivity contribution in [2.75, 3.05) is 5.88 Å². The fourth-order valence-electron chi connectivity index (χ4n) is 2.25. The molecule has 0 amide bonds. The van der Waals surface area contributed by atoms with Crippen LogP contribution in [0.2, 0.25) is 5.15 Å². The normalized spacial score (nSPS) is 12.7. The molecule has 0 aliphatic carbocycles. The number of hydrogen-bond donors (Lipinski definition) is 0. The van der Waals surface area contributed by atoms with Gasteiger partial charge in [-0.2, -0.15) is 5.10 Å². The summed E-state index contributed by atoms with van der Waals surface area (Å²) in [7, 11) is 1.86. The molecule has 2 nitrogen and oxygen atoms in total. The second-order valence-corrected chi connectivity index (χ2v) is 5.61. The maximum Gasteiger partial charge on any atom is 0.130 e. The largest absolute Gasteiger partial charge is 0.257 e. The molecule has 0 fully saturated rings. The summed E-state index contributed by atoms with van der Waals surface area (Å²) in [6, 6.07) is 8.52. The number of halogens is 2. The van der Waals surface area contributed by atoms with E-state index in [0.29, 0.717) is 11.0 Å². The molecule has 1 aromatic carbocycles. The molecule has 102 valence electrons. The fraction of sp³-hybridized carbons (Fsp3) is 0.400. The number of hydrogen-bond acceptors (Lipinski definition) is 1. The maximum absolute atomic E-state index is 6.29. The van der Waals surface area contributed by atoms with Crippen LogP contribution in [-0.4, -0.2) is 15.7 Å². The van der Waals surface area contributed by atoms with Gasteiger partial charge in [0.05, 0.1) is 5.69 Å². The summed E-state index contributed by atoms with van der Waals surface area (Å²) in [6.45, 7) is 4.07. The van der Waals surface area contributed by atoms with Crippen LogP contribution in [0, 0.1) is 13.8 Å². The number of alkyl halides is 1. The highest BCUT2D eigenvalue weighted by atomic mass is 35.5. The predicted molar refractivity (Wildman–Crippen MR) is 81.3 cm³/mol. The molecule has 2 rings (SSSR count). The Balaban J connectivity index is 2.26. The van der Waals surface area contributed by atoms with Crippen molar-refractivity contribution in [2.24, 2.45) is 7.05 Å². The van der Waals surface area contributed by atoms with Gasteiger partial charge in [0, 0.05) is 24.4 Å². The molecule has 1 unspecified atom stereocenters. The van der Waals surface area contributed by atoms with Crippen LogP contribution in [0.15, 0.2) is 24.3 Å². The molecule has 0 aliphatic heterocycles. The van der Waals surface area contributed by atoms with Crippen LogP contribution < -0.4 is 0 Å². The van der Waals surface area contributed by atoms with Gasteiger partial charge in [0.2, 0.25) is 0 Å². The van der Waals surface area contributed by atoms with Crippen molar-refractivity contribution in [3.63, 3.8) is 0 Å². The molecule has 2 aromatic rings. The maximum atomic E-state index is 6.29. The Morgan fingerprint density at radius 1 is 1.21 bits per heavy atom. The first-order valence-corrected chi connectivity index (χ1v) is 7.24. The Bertz CT molecular complexity index is 558. The Kier molecular flexibility index (Phi) is 4.54. The van der Waals surface area contributed by atoms with Crippen LogP contribution in [0.1, 0.15) is 28.3 Å². The summed E-state index contributed by atoms with van der Waals surface area (Å²) >= 11 is 12.4. The van der Waals surface area contributed by atoms with E-state index in [9.17, 15) is 0 Å². The van der Waals surface area contributed by atoms with E-state index in [-0.39, 0.29) is 5.92 Å². The third-order valence-corrected chi connectivity index (χ3v) is 4.30. The highest BCUT2D eigenvalue weighted by Gasteiger charge is 2.18. The SMILES string of the molecule is Cc1ccc(C(CCl)Cc2c(C)nn(C)c2Cl)cc1. The number of nitrogens with zero attached hydrogens (tertiary/aromatic N) is 2. The third-order valence-electron chi connectivity index (χ3n) is 3.46. The second-order valence-electron chi connectivity index (χ2n) is 4.94. The van der Waals surface area contributed by atoms with Gasteiger partial charge in [0.25, 0.3) is 0 Å². The van der Waals surface area contributed by atoms with E-state index in [1.807, 2.05) is 14.0 Å². The van der Waals surface area contributed by atoms with Gasteiger partial charge < -0.3 is 0 Å². The summed E-state index contributed by atoms with van der Waals surface area (Å²) in [5, 5.41) is 5.06. The average molecular weight is 297 g/mol. The Hall–Kier alpha value is -0.990. The Labute approximate surface area is 124 Å². The van der Waals surface area contributed by atoms with Crippen LogP contribution in [0.5, 0.6) is 0 Å². The molecule has 1 aromatic heterocycles. The molecule has 1 atom stereocenters. The zero-order valence-electron chi connectivity index (χ0n) is 11.5. The van der Waals surface area contributed by atoms with Crippen molar-refractivity contribution >= 4 is 23.2 Å². The van der Waals surface area contributed by atoms with E-state index in [4.69, 9.17) is 23.2 Å². The highest BCUT2D eigenvalue weighted by Crippen LogP contribution is 2.28. The highest BCUT2D eigenvalue weighted by molar-refractivity contribution is 6.30. The number of aromatic nitrogens is 2. The summed E-state index contributed by atoms with van der Waals surface area (Å²) in [5.74, 6) is 0.843. The Morgan fingerprint density at radius 2 is 1.84 bits per heavy atom. The lowest BCUT2D eigenvalue weighted by Gasteiger charge is -2.14. The van der Waals surface area contributed by atoms with Crippen molar-refractivity contribution in [1.29, 1.82) is 0 Å². The molecule has 0 bridgehead atoms. The molecular weight excluding hydrogens is 279 g/mol. The van der Waals surface area contributed by atoms with Gasteiger partial charge in [-0.1, -0.05) is 41.4 Å². The van der Waals surface area contributed by atoms with Gasteiger partial charge in [-0.25, -0.2) is 0 Å². The molecular formula is C15H18Cl2N2. The van der Waals surface area contributed by atoms with E-state index in [1.165, 1.54) is 11.1 Å². The van der Waals surface area contributed by atoms with Gasteiger partial charge in [0.15, 0.2) is 0 Å². The fourth-order valence-corrected chi connectivity index (χ4v) is 2.79. The van der Waals surface area contributed by atoms with E-state index >= 15 is 0 Å². The Morgan fingerprint density at radius 3 is 2.32 bits per heavy atom. The first-order valence-electron chi connectivity index (χ1n) is 6.33. The van der Waals surface area contributed by atoms with Crippen LogP contribution >= 0.6 is 23.2 Å². The lowest BCUT2D eigenvalue weighted by Crippen LogP contribution is -2.05. The van der Waals surface area contributed by atoms with Gasteiger partial charge in [-0.05, 0) is 25.8 Å². The van der Waals surface area contributed by atoms with Crippen molar-refractivity contribution < 1.29 is 0 Å². The lowest BCUT2D eigenvalue weighted by atomic mass is 9.93. The second kappa shape index (κ2) is 5.98. The third kappa shape index (κ3) is 3.13. The van der Waals surface area contributed by atoms with E-state index in [1.54, 1.807) is 4.68 Å².